The van der Waals surface area contributed by atoms with Crippen molar-refractivity contribution in [1.82, 2.24) is 14.9 Å². The minimum atomic E-state index is -0.0413. The van der Waals surface area contributed by atoms with Crippen LogP contribution in [0.3, 0.4) is 0 Å². The SMILES string of the molecule is Cc1cc(CN2CCc3nc(-c4ccccc4)[nH]c(=O)c3C2)oc1C. The molecular weight excluding hydrogens is 314 g/mol. The number of nitrogens with one attached hydrogen (secondary N) is 1. The van der Waals surface area contributed by atoms with Gasteiger partial charge in [-0.25, -0.2) is 4.98 Å². The first-order chi connectivity index (χ1) is 12.1. The highest BCUT2D eigenvalue weighted by atomic mass is 16.3. The molecule has 1 aliphatic rings. The van der Waals surface area contributed by atoms with Gasteiger partial charge in [-0.05, 0) is 25.5 Å². The highest BCUT2D eigenvalue weighted by molar-refractivity contribution is 5.54. The third-order valence-electron chi connectivity index (χ3n) is 4.79. The number of rotatable bonds is 3. The fraction of sp³-hybridized carbons (Fsp3) is 0.300. The number of nitrogens with zero attached hydrogens (tertiary/aromatic N) is 2. The van der Waals surface area contributed by atoms with Gasteiger partial charge >= 0.3 is 0 Å². The molecule has 0 aliphatic carbocycles. The molecule has 128 valence electrons. The zero-order valence-corrected chi connectivity index (χ0v) is 14.5. The van der Waals surface area contributed by atoms with E-state index in [0.29, 0.717) is 18.9 Å². The van der Waals surface area contributed by atoms with Crippen molar-refractivity contribution in [2.75, 3.05) is 6.54 Å². The molecule has 25 heavy (non-hydrogen) atoms. The Morgan fingerprint density at radius 1 is 1.24 bits per heavy atom. The number of hydrogen-bond acceptors (Lipinski definition) is 4. The topological polar surface area (TPSA) is 62.1 Å². The van der Waals surface area contributed by atoms with Crippen LogP contribution >= 0.6 is 0 Å². The lowest BCUT2D eigenvalue weighted by atomic mass is 10.1. The molecule has 0 spiro atoms. The average Bonchev–Trinajstić information content (AvgIpc) is 2.93. The molecule has 0 atom stereocenters. The summed E-state index contributed by atoms with van der Waals surface area (Å²) in [5.41, 5.74) is 3.74. The summed E-state index contributed by atoms with van der Waals surface area (Å²) in [4.78, 5) is 22.4. The second-order valence-electron chi connectivity index (χ2n) is 6.62. The van der Waals surface area contributed by atoms with Gasteiger partial charge in [0.05, 0.1) is 17.8 Å². The van der Waals surface area contributed by atoms with Gasteiger partial charge in [0.2, 0.25) is 0 Å². The van der Waals surface area contributed by atoms with E-state index >= 15 is 0 Å². The van der Waals surface area contributed by atoms with Crippen molar-refractivity contribution in [3.8, 4) is 11.4 Å². The summed E-state index contributed by atoms with van der Waals surface area (Å²) in [5.74, 6) is 2.55. The lowest BCUT2D eigenvalue weighted by molar-refractivity contribution is 0.221. The molecule has 2 aromatic heterocycles. The highest BCUT2D eigenvalue weighted by Crippen LogP contribution is 2.21. The third kappa shape index (κ3) is 3.15. The Hall–Kier alpha value is -2.66. The summed E-state index contributed by atoms with van der Waals surface area (Å²) in [7, 11) is 0. The van der Waals surface area contributed by atoms with Crippen LogP contribution in [0, 0.1) is 13.8 Å². The molecule has 0 unspecified atom stereocenters. The number of aryl methyl sites for hydroxylation is 2. The molecule has 3 heterocycles. The number of aromatic nitrogens is 2. The number of benzene rings is 1. The molecule has 4 rings (SSSR count). The van der Waals surface area contributed by atoms with Gasteiger partial charge in [0.1, 0.15) is 17.3 Å². The van der Waals surface area contributed by atoms with Crippen LogP contribution in [0.25, 0.3) is 11.4 Å². The third-order valence-corrected chi connectivity index (χ3v) is 4.79. The van der Waals surface area contributed by atoms with Crippen molar-refractivity contribution in [2.45, 2.75) is 33.4 Å². The van der Waals surface area contributed by atoms with E-state index in [-0.39, 0.29) is 5.56 Å². The van der Waals surface area contributed by atoms with Gasteiger partial charge in [-0.15, -0.1) is 0 Å². The maximum absolute atomic E-state index is 12.6. The first-order valence-corrected chi connectivity index (χ1v) is 8.56. The molecule has 1 aliphatic heterocycles. The van der Waals surface area contributed by atoms with E-state index in [4.69, 9.17) is 9.40 Å². The number of hydrogen-bond donors (Lipinski definition) is 1. The van der Waals surface area contributed by atoms with E-state index < -0.39 is 0 Å². The van der Waals surface area contributed by atoms with Gasteiger partial charge < -0.3 is 9.40 Å². The molecule has 3 aromatic rings. The van der Waals surface area contributed by atoms with E-state index in [9.17, 15) is 4.79 Å². The predicted octanol–water partition coefficient (Wildman–Crippen LogP) is 3.21. The smallest absolute Gasteiger partial charge is 0.255 e. The van der Waals surface area contributed by atoms with Crippen LogP contribution in [0.15, 0.2) is 45.6 Å². The largest absolute Gasteiger partial charge is 0.465 e. The van der Waals surface area contributed by atoms with E-state index in [1.165, 1.54) is 5.56 Å². The maximum Gasteiger partial charge on any atom is 0.255 e. The number of furan rings is 1. The summed E-state index contributed by atoms with van der Waals surface area (Å²) in [6, 6.07) is 11.8. The van der Waals surface area contributed by atoms with Gasteiger partial charge in [0.15, 0.2) is 0 Å². The molecule has 0 saturated heterocycles. The van der Waals surface area contributed by atoms with Crippen molar-refractivity contribution < 1.29 is 4.42 Å². The van der Waals surface area contributed by atoms with E-state index in [2.05, 4.69) is 16.0 Å². The summed E-state index contributed by atoms with van der Waals surface area (Å²) in [6.45, 7) is 6.22. The second kappa shape index (κ2) is 6.33. The summed E-state index contributed by atoms with van der Waals surface area (Å²) in [5, 5.41) is 0. The summed E-state index contributed by atoms with van der Waals surface area (Å²) in [6.07, 6.45) is 0.776. The van der Waals surface area contributed by atoms with Crippen LogP contribution in [-0.2, 0) is 19.5 Å². The van der Waals surface area contributed by atoms with Crippen LogP contribution in [0.4, 0.5) is 0 Å². The first kappa shape index (κ1) is 15.8. The van der Waals surface area contributed by atoms with Gasteiger partial charge in [-0.3, -0.25) is 9.69 Å². The fourth-order valence-electron chi connectivity index (χ4n) is 3.30. The average molecular weight is 335 g/mol. The van der Waals surface area contributed by atoms with E-state index in [1.807, 2.05) is 44.2 Å². The van der Waals surface area contributed by atoms with Crippen molar-refractivity contribution in [1.29, 1.82) is 0 Å². The van der Waals surface area contributed by atoms with Crippen molar-refractivity contribution >= 4 is 0 Å². The van der Waals surface area contributed by atoms with Crippen LogP contribution in [-0.4, -0.2) is 21.4 Å². The van der Waals surface area contributed by atoms with E-state index in [0.717, 1.165) is 41.3 Å². The quantitative estimate of drug-likeness (QED) is 0.798. The van der Waals surface area contributed by atoms with Gasteiger partial charge in [0, 0.05) is 25.1 Å². The molecule has 0 radical (unpaired) electrons. The fourth-order valence-corrected chi connectivity index (χ4v) is 3.30. The minimum absolute atomic E-state index is 0.0413. The molecule has 0 fully saturated rings. The molecule has 5 nitrogen and oxygen atoms in total. The van der Waals surface area contributed by atoms with Crippen molar-refractivity contribution in [2.24, 2.45) is 0 Å². The Kier molecular flexibility index (Phi) is 4.01. The molecule has 0 amide bonds. The molecule has 0 saturated carbocycles. The Balaban J connectivity index is 1.58. The molecule has 1 aromatic carbocycles. The zero-order valence-electron chi connectivity index (χ0n) is 14.5. The van der Waals surface area contributed by atoms with Crippen molar-refractivity contribution in [3.05, 3.63) is 75.1 Å². The molecule has 0 bridgehead atoms. The predicted molar refractivity (Wildman–Crippen MR) is 96.3 cm³/mol. The minimum Gasteiger partial charge on any atom is -0.465 e. The Morgan fingerprint density at radius 2 is 2.04 bits per heavy atom. The van der Waals surface area contributed by atoms with Crippen molar-refractivity contribution in [3.63, 3.8) is 0 Å². The Morgan fingerprint density at radius 3 is 2.76 bits per heavy atom. The monoisotopic (exact) mass is 335 g/mol. The number of fused-ring (bicyclic) bond motifs is 1. The number of aromatic amines is 1. The maximum atomic E-state index is 12.6. The lowest BCUT2D eigenvalue weighted by Crippen LogP contribution is -2.35. The highest BCUT2D eigenvalue weighted by Gasteiger charge is 2.22. The molecular formula is C20H21N3O2. The first-order valence-electron chi connectivity index (χ1n) is 8.56. The van der Waals surface area contributed by atoms with Gasteiger partial charge in [0.25, 0.3) is 5.56 Å². The molecule has 1 N–H and O–H groups in total. The van der Waals surface area contributed by atoms with Crippen LogP contribution in [0.2, 0.25) is 0 Å². The zero-order chi connectivity index (χ0) is 17.4. The Bertz CT molecular complexity index is 937. The van der Waals surface area contributed by atoms with Crippen LogP contribution < -0.4 is 5.56 Å². The Labute approximate surface area is 146 Å². The standard InChI is InChI=1S/C20H21N3O2/c1-13-10-16(25-14(13)2)11-23-9-8-18-17(12-23)20(24)22-19(21-18)15-6-4-3-5-7-15/h3-7,10H,8-9,11-12H2,1-2H3,(H,21,22,24). The van der Waals surface area contributed by atoms with Crippen LogP contribution in [0.1, 0.15) is 28.3 Å². The van der Waals surface area contributed by atoms with Gasteiger partial charge in [-0.1, -0.05) is 30.3 Å². The van der Waals surface area contributed by atoms with E-state index in [1.54, 1.807) is 0 Å². The molecule has 5 heteroatoms. The summed E-state index contributed by atoms with van der Waals surface area (Å²) >= 11 is 0. The second-order valence-corrected chi connectivity index (χ2v) is 6.62. The number of H-pyrrole nitrogens is 1. The van der Waals surface area contributed by atoms with Gasteiger partial charge in [-0.2, -0.15) is 0 Å². The lowest BCUT2D eigenvalue weighted by Gasteiger charge is -2.26. The summed E-state index contributed by atoms with van der Waals surface area (Å²) < 4.78 is 5.77. The van der Waals surface area contributed by atoms with Crippen LogP contribution in [0.5, 0.6) is 0 Å². The normalized spacial score (nSPS) is 14.5.